The van der Waals surface area contributed by atoms with Crippen LogP contribution in [-0.2, 0) is 4.79 Å². The van der Waals surface area contributed by atoms with Gasteiger partial charge < -0.3 is 16.6 Å². The third kappa shape index (κ3) is 13.5. The lowest BCUT2D eigenvalue weighted by molar-refractivity contribution is -0.138. The highest BCUT2D eigenvalue weighted by molar-refractivity contribution is 5.72. The van der Waals surface area contributed by atoms with E-state index < -0.39 is 12.0 Å². The molecule has 0 amide bonds. The van der Waals surface area contributed by atoms with Crippen LogP contribution in [0.2, 0.25) is 0 Å². The summed E-state index contributed by atoms with van der Waals surface area (Å²) in [6.45, 7) is 7.89. The van der Waals surface area contributed by atoms with Crippen LogP contribution in [-0.4, -0.2) is 23.2 Å². The van der Waals surface area contributed by atoms with Gasteiger partial charge in [0.15, 0.2) is 0 Å². The van der Waals surface area contributed by atoms with Gasteiger partial charge in [0.1, 0.15) is 6.04 Å². The molecule has 0 spiro atoms. The number of nitrogens with two attached hydrogens (primary N) is 2. The molecule has 1 fully saturated rings. The van der Waals surface area contributed by atoms with Gasteiger partial charge >= 0.3 is 5.97 Å². The molecule has 18 heavy (non-hydrogen) atoms. The first-order valence-corrected chi connectivity index (χ1v) is 7.17. The second kappa shape index (κ2) is 12.8. The van der Waals surface area contributed by atoms with Gasteiger partial charge in [-0.1, -0.05) is 47.0 Å². The van der Waals surface area contributed by atoms with Crippen LogP contribution in [0.15, 0.2) is 0 Å². The van der Waals surface area contributed by atoms with Crippen molar-refractivity contribution in [3.8, 4) is 0 Å². The molecule has 0 aromatic carbocycles. The van der Waals surface area contributed by atoms with E-state index in [0.717, 1.165) is 0 Å². The van der Waals surface area contributed by atoms with Crippen LogP contribution in [0, 0.1) is 5.92 Å². The van der Waals surface area contributed by atoms with E-state index in [0.29, 0.717) is 18.4 Å². The first kappa shape index (κ1) is 19.7. The molecule has 110 valence electrons. The summed E-state index contributed by atoms with van der Waals surface area (Å²) in [7, 11) is 0. The molecule has 0 aromatic rings. The van der Waals surface area contributed by atoms with E-state index in [1.165, 1.54) is 32.1 Å². The van der Waals surface area contributed by atoms with E-state index in [-0.39, 0.29) is 0 Å². The van der Waals surface area contributed by atoms with Crippen LogP contribution in [0.5, 0.6) is 0 Å². The Morgan fingerprint density at radius 3 is 1.83 bits per heavy atom. The zero-order valence-electron chi connectivity index (χ0n) is 12.5. The summed E-state index contributed by atoms with van der Waals surface area (Å²) in [5, 5.41) is 8.31. The lowest BCUT2D eigenvalue weighted by atomic mass is 9.97. The average molecular weight is 260 g/mol. The van der Waals surface area contributed by atoms with Crippen molar-refractivity contribution in [3.63, 3.8) is 0 Å². The van der Waals surface area contributed by atoms with Crippen LogP contribution in [0.25, 0.3) is 0 Å². The molecule has 0 heterocycles. The number of hydrogen-bond acceptors (Lipinski definition) is 3. The summed E-state index contributed by atoms with van der Waals surface area (Å²) in [6, 6.07) is -0.154. The highest BCUT2D eigenvalue weighted by Gasteiger charge is 2.11. The lowest BCUT2D eigenvalue weighted by Crippen LogP contribution is -2.31. The Hall–Kier alpha value is -0.610. The predicted molar refractivity (Wildman–Crippen MR) is 77.5 cm³/mol. The van der Waals surface area contributed by atoms with Gasteiger partial charge in [-0.3, -0.25) is 4.79 Å². The van der Waals surface area contributed by atoms with Gasteiger partial charge in [0, 0.05) is 6.04 Å². The van der Waals surface area contributed by atoms with Crippen LogP contribution in [0.1, 0.15) is 66.2 Å². The molecule has 0 aliphatic heterocycles. The molecule has 1 aliphatic rings. The molecule has 4 nitrogen and oxygen atoms in total. The van der Waals surface area contributed by atoms with Crippen LogP contribution < -0.4 is 11.5 Å². The maximum atomic E-state index is 10.1. The third-order valence-electron chi connectivity index (χ3n) is 2.69. The van der Waals surface area contributed by atoms with Crippen LogP contribution in [0.4, 0.5) is 0 Å². The van der Waals surface area contributed by atoms with Crippen molar-refractivity contribution in [2.24, 2.45) is 17.4 Å². The standard InChI is InChI=1S/C6H13NO2.C6H13N.C2H6/c1-4(2)3-5(7)6(8)9;7-6-4-2-1-3-5-6;1-2/h4-5H,3,7H2,1-2H3,(H,8,9);6H,1-5,7H2;1-2H3. The van der Waals surface area contributed by atoms with Crippen molar-refractivity contribution in [3.05, 3.63) is 0 Å². The molecule has 4 heteroatoms. The van der Waals surface area contributed by atoms with Crippen molar-refractivity contribution in [1.29, 1.82) is 0 Å². The Morgan fingerprint density at radius 1 is 1.22 bits per heavy atom. The number of carbonyl (C=O) groups is 1. The highest BCUT2D eigenvalue weighted by atomic mass is 16.4. The third-order valence-corrected chi connectivity index (χ3v) is 2.69. The van der Waals surface area contributed by atoms with E-state index in [1.54, 1.807) is 0 Å². The molecule has 1 unspecified atom stereocenters. The van der Waals surface area contributed by atoms with Crippen molar-refractivity contribution in [2.75, 3.05) is 0 Å². The minimum atomic E-state index is -0.913. The fourth-order valence-electron chi connectivity index (χ4n) is 1.74. The van der Waals surface area contributed by atoms with E-state index in [2.05, 4.69) is 0 Å². The minimum Gasteiger partial charge on any atom is -0.480 e. The average Bonchev–Trinajstić information content (AvgIpc) is 2.32. The summed E-state index contributed by atoms with van der Waals surface area (Å²) in [6.07, 6.45) is 7.21. The van der Waals surface area contributed by atoms with Crippen molar-refractivity contribution in [2.45, 2.75) is 78.3 Å². The predicted octanol–water partition coefficient (Wildman–Crippen LogP) is 2.75. The van der Waals surface area contributed by atoms with Crippen LogP contribution >= 0.6 is 0 Å². The zero-order chi connectivity index (χ0) is 14.6. The molecule has 1 atom stereocenters. The lowest BCUT2D eigenvalue weighted by Gasteiger charge is -2.15. The van der Waals surface area contributed by atoms with E-state index in [9.17, 15) is 4.79 Å². The van der Waals surface area contributed by atoms with Gasteiger partial charge in [-0.2, -0.15) is 0 Å². The molecule has 5 N–H and O–H groups in total. The smallest absolute Gasteiger partial charge is 0.320 e. The van der Waals surface area contributed by atoms with Gasteiger partial charge in [-0.15, -0.1) is 0 Å². The Labute approximate surface area is 112 Å². The fourth-order valence-corrected chi connectivity index (χ4v) is 1.74. The summed E-state index contributed by atoms with van der Waals surface area (Å²) in [5.74, 6) is -0.556. The number of hydrogen-bond donors (Lipinski definition) is 3. The van der Waals surface area contributed by atoms with Gasteiger partial charge in [0.25, 0.3) is 0 Å². The number of aliphatic carboxylic acids is 1. The molecule has 0 radical (unpaired) electrons. The SMILES string of the molecule is CC.CC(C)CC(N)C(=O)O.NC1CCCCC1. The Balaban J connectivity index is 0. The molecule has 1 aliphatic carbocycles. The second-order valence-electron chi connectivity index (χ2n) is 4.97. The Morgan fingerprint density at radius 2 is 1.67 bits per heavy atom. The molecule has 0 bridgehead atoms. The second-order valence-corrected chi connectivity index (χ2v) is 4.97. The van der Waals surface area contributed by atoms with Crippen molar-refractivity contribution in [1.82, 2.24) is 0 Å². The number of carboxylic acids is 1. The molecule has 1 saturated carbocycles. The number of carboxylic acid groups (broad SMARTS) is 1. The topological polar surface area (TPSA) is 89.3 Å². The first-order valence-electron chi connectivity index (χ1n) is 7.17. The minimum absolute atomic E-state index is 0.357. The first-order chi connectivity index (χ1) is 8.43. The highest BCUT2D eigenvalue weighted by Crippen LogP contribution is 2.14. The molecule has 0 aromatic heterocycles. The maximum Gasteiger partial charge on any atom is 0.320 e. The van der Waals surface area contributed by atoms with Crippen LogP contribution in [0.3, 0.4) is 0 Å². The fraction of sp³-hybridized carbons (Fsp3) is 0.929. The van der Waals surface area contributed by atoms with Gasteiger partial charge in [-0.25, -0.2) is 0 Å². The summed E-state index contributed by atoms with van der Waals surface area (Å²) in [5.41, 5.74) is 10.9. The normalized spacial score (nSPS) is 17.1. The van der Waals surface area contributed by atoms with Crippen molar-refractivity contribution >= 4 is 5.97 Å². The molecular formula is C14H32N2O2. The van der Waals surface area contributed by atoms with E-state index in [1.807, 2.05) is 27.7 Å². The Kier molecular flexibility index (Phi) is 14.1. The summed E-state index contributed by atoms with van der Waals surface area (Å²) in [4.78, 5) is 10.1. The van der Waals surface area contributed by atoms with E-state index >= 15 is 0 Å². The maximum absolute atomic E-state index is 10.1. The molecular weight excluding hydrogens is 228 g/mol. The van der Waals surface area contributed by atoms with Gasteiger partial charge in [0.2, 0.25) is 0 Å². The van der Waals surface area contributed by atoms with Gasteiger partial charge in [0.05, 0.1) is 0 Å². The molecule has 1 rings (SSSR count). The van der Waals surface area contributed by atoms with E-state index in [4.69, 9.17) is 16.6 Å². The monoisotopic (exact) mass is 260 g/mol. The zero-order valence-corrected chi connectivity index (χ0v) is 12.5. The summed E-state index contributed by atoms with van der Waals surface area (Å²) < 4.78 is 0. The quantitative estimate of drug-likeness (QED) is 0.728. The largest absolute Gasteiger partial charge is 0.480 e. The molecule has 0 saturated heterocycles. The van der Waals surface area contributed by atoms with Crippen molar-refractivity contribution < 1.29 is 9.90 Å². The van der Waals surface area contributed by atoms with Gasteiger partial charge in [-0.05, 0) is 25.2 Å². The Bertz CT molecular complexity index is 190. The summed E-state index contributed by atoms with van der Waals surface area (Å²) >= 11 is 0. The number of rotatable bonds is 3.